The van der Waals surface area contributed by atoms with Gasteiger partial charge in [0.15, 0.2) is 0 Å². The Morgan fingerprint density at radius 2 is 2.24 bits per heavy atom. The molecule has 2 N–H and O–H groups in total. The van der Waals surface area contributed by atoms with Crippen molar-refractivity contribution in [3.05, 3.63) is 0 Å². The first-order valence-electron chi connectivity index (χ1n) is 6.74. The zero-order valence-corrected chi connectivity index (χ0v) is 12.1. The Morgan fingerprint density at radius 1 is 1.47 bits per heavy atom. The van der Waals surface area contributed by atoms with Gasteiger partial charge in [-0.15, -0.1) is 0 Å². The Bertz CT molecular complexity index is 233. The molecule has 1 fully saturated rings. The fourth-order valence-corrected chi connectivity index (χ4v) is 3.58. The van der Waals surface area contributed by atoms with Crippen molar-refractivity contribution in [3.63, 3.8) is 0 Å². The standard InChI is InChI=1S/C13H26N2OS/c1-4-17-12-7-5-6-11(8-12)15-13(16)10(2)9-14-3/h10-12,14H,4-9H2,1-3H3,(H,15,16). The Labute approximate surface area is 109 Å². The topological polar surface area (TPSA) is 41.1 Å². The molecule has 0 aromatic heterocycles. The monoisotopic (exact) mass is 258 g/mol. The van der Waals surface area contributed by atoms with Crippen molar-refractivity contribution in [3.8, 4) is 0 Å². The third-order valence-corrected chi connectivity index (χ3v) is 4.57. The molecule has 1 rings (SSSR count). The molecule has 1 aliphatic carbocycles. The molecule has 0 heterocycles. The van der Waals surface area contributed by atoms with Crippen LogP contribution >= 0.6 is 11.8 Å². The average Bonchev–Trinajstić information content (AvgIpc) is 2.30. The van der Waals surface area contributed by atoms with Crippen LogP contribution < -0.4 is 10.6 Å². The number of rotatable bonds is 6. The minimum Gasteiger partial charge on any atom is -0.353 e. The first-order chi connectivity index (χ1) is 8.17. The maximum absolute atomic E-state index is 11.9. The van der Waals surface area contributed by atoms with E-state index in [1.165, 1.54) is 18.6 Å². The Hall–Kier alpha value is -0.220. The predicted molar refractivity (Wildman–Crippen MR) is 75.4 cm³/mol. The fraction of sp³-hybridized carbons (Fsp3) is 0.923. The zero-order chi connectivity index (χ0) is 12.7. The molecule has 17 heavy (non-hydrogen) atoms. The summed E-state index contributed by atoms with van der Waals surface area (Å²) in [6.45, 7) is 4.94. The van der Waals surface area contributed by atoms with Gasteiger partial charge in [-0.3, -0.25) is 4.79 Å². The van der Waals surface area contributed by atoms with Crippen LogP contribution in [0.3, 0.4) is 0 Å². The molecule has 100 valence electrons. The molecular formula is C13H26N2OS. The van der Waals surface area contributed by atoms with Crippen molar-refractivity contribution in [1.29, 1.82) is 0 Å². The summed E-state index contributed by atoms with van der Waals surface area (Å²) < 4.78 is 0. The molecule has 0 spiro atoms. The van der Waals surface area contributed by atoms with Crippen LogP contribution in [0.2, 0.25) is 0 Å². The summed E-state index contributed by atoms with van der Waals surface area (Å²) in [4.78, 5) is 11.9. The van der Waals surface area contributed by atoms with Gasteiger partial charge in [-0.2, -0.15) is 11.8 Å². The molecule has 0 saturated heterocycles. The summed E-state index contributed by atoms with van der Waals surface area (Å²) in [7, 11) is 1.89. The maximum atomic E-state index is 11.9. The lowest BCUT2D eigenvalue weighted by Gasteiger charge is -2.30. The summed E-state index contributed by atoms with van der Waals surface area (Å²) >= 11 is 2.04. The molecule has 1 amide bonds. The summed E-state index contributed by atoms with van der Waals surface area (Å²) in [6, 6.07) is 0.402. The number of hydrogen-bond acceptors (Lipinski definition) is 3. The normalized spacial score (nSPS) is 26.5. The highest BCUT2D eigenvalue weighted by atomic mass is 32.2. The Kier molecular flexibility index (Phi) is 6.97. The lowest BCUT2D eigenvalue weighted by molar-refractivity contribution is -0.125. The van der Waals surface area contributed by atoms with E-state index in [9.17, 15) is 4.79 Å². The largest absolute Gasteiger partial charge is 0.353 e. The summed E-state index contributed by atoms with van der Waals surface area (Å²) in [5.41, 5.74) is 0. The molecule has 3 unspecified atom stereocenters. The van der Waals surface area contributed by atoms with E-state index in [2.05, 4.69) is 17.6 Å². The Morgan fingerprint density at radius 3 is 2.88 bits per heavy atom. The van der Waals surface area contributed by atoms with E-state index in [1.54, 1.807) is 0 Å². The maximum Gasteiger partial charge on any atom is 0.224 e. The Balaban J connectivity index is 2.32. The van der Waals surface area contributed by atoms with E-state index in [0.717, 1.165) is 24.6 Å². The minimum absolute atomic E-state index is 0.0687. The van der Waals surface area contributed by atoms with Gasteiger partial charge in [0, 0.05) is 23.8 Å². The summed E-state index contributed by atoms with van der Waals surface area (Å²) in [6.07, 6.45) is 4.87. The number of amides is 1. The molecule has 3 atom stereocenters. The van der Waals surface area contributed by atoms with Gasteiger partial charge in [-0.05, 0) is 32.1 Å². The van der Waals surface area contributed by atoms with Crippen LogP contribution in [-0.4, -0.2) is 36.5 Å². The third kappa shape index (κ3) is 5.30. The van der Waals surface area contributed by atoms with Gasteiger partial charge >= 0.3 is 0 Å². The summed E-state index contributed by atoms with van der Waals surface area (Å²) in [5.74, 6) is 1.45. The second kappa shape index (κ2) is 7.98. The van der Waals surface area contributed by atoms with Crippen LogP contribution in [0.1, 0.15) is 39.5 Å². The van der Waals surface area contributed by atoms with Gasteiger partial charge in [-0.25, -0.2) is 0 Å². The van der Waals surface area contributed by atoms with Crippen LogP contribution in [0.25, 0.3) is 0 Å². The molecule has 1 saturated carbocycles. The first-order valence-corrected chi connectivity index (χ1v) is 7.78. The highest BCUT2D eigenvalue weighted by molar-refractivity contribution is 7.99. The molecule has 3 nitrogen and oxygen atoms in total. The van der Waals surface area contributed by atoms with Gasteiger partial charge < -0.3 is 10.6 Å². The number of carbonyl (C=O) groups excluding carboxylic acids is 1. The SMILES string of the molecule is CCSC1CCCC(NC(=O)C(C)CNC)C1. The van der Waals surface area contributed by atoms with E-state index in [0.29, 0.717) is 6.04 Å². The van der Waals surface area contributed by atoms with E-state index in [1.807, 2.05) is 25.7 Å². The van der Waals surface area contributed by atoms with Crippen molar-refractivity contribution in [2.45, 2.75) is 50.8 Å². The second-order valence-corrected chi connectivity index (χ2v) is 6.49. The van der Waals surface area contributed by atoms with Crippen LogP contribution in [0.15, 0.2) is 0 Å². The van der Waals surface area contributed by atoms with E-state index in [4.69, 9.17) is 0 Å². The van der Waals surface area contributed by atoms with Crippen LogP contribution in [0, 0.1) is 5.92 Å². The lowest BCUT2D eigenvalue weighted by atomic mass is 9.94. The van der Waals surface area contributed by atoms with Gasteiger partial charge in [0.05, 0.1) is 0 Å². The quantitative estimate of drug-likeness (QED) is 0.766. The van der Waals surface area contributed by atoms with Gasteiger partial charge in [-0.1, -0.05) is 20.3 Å². The predicted octanol–water partition coefficient (Wildman–Crippen LogP) is 2.02. The lowest BCUT2D eigenvalue weighted by Crippen LogP contribution is -2.43. The molecule has 0 aromatic rings. The van der Waals surface area contributed by atoms with Gasteiger partial charge in [0.2, 0.25) is 5.91 Å². The average molecular weight is 258 g/mol. The molecule has 0 aliphatic heterocycles. The molecule has 0 radical (unpaired) electrons. The van der Waals surface area contributed by atoms with E-state index >= 15 is 0 Å². The number of nitrogens with one attached hydrogen (secondary N) is 2. The molecule has 0 aromatic carbocycles. The van der Waals surface area contributed by atoms with Crippen molar-refractivity contribution in [2.24, 2.45) is 5.92 Å². The fourth-order valence-electron chi connectivity index (χ4n) is 2.41. The van der Waals surface area contributed by atoms with Crippen molar-refractivity contribution in [2.75, 3.05) is 19.3 Å². The van der Waals surface area contributed by atoms with E-state index < -0.39 is 0 Å². The van der Waals surface area contributed by atoms with E-state index in [-0.39, 0.29) is 11.8 Å². The highest BCUT2D eigenvalue weighted by Crippen LogP contribution is 2.28. The highest BCUT2D eigenvalue weighted by Gasteiger charge is 2.24. The van der Waals surface area contributed by atoms with Gasteiger partial charge in [0.25, 0.3) is 0 Å². The van der Waals surface area contributed by atoms with Crippen molar-refractivity contribution in [1.82, 2.24) is 10.6 Å². The first kappa shape index (κ1) is 14.8. The van der Waals surface area contributed by atoms with Crippen LogP contribution in [-0.2, 0) is 4.79 Å². The molecule has 4 heteroatoms. The zero-order valence-electron chi connectivity index (χ0n) is 11.3. The molecular weight excluding hydrogens is 232 g/mol. The smallest absolute Gasteiger partial charge is 0.224 e. The number of hydrogen-bond donors (Lipinski definition) is 2. The van der Waals surface area contributed by atoms with Crippen LogP contribution in [0.4, 0.5) is 0 Å². The molecule has 0 bridgehead atoms. The molecule has 1 aliphatic rings. The van der Waals surface area contributed by atoms with Crippen LogP contribution in [0.5, 0.6) is 0 Å². The number of carbonyl (C=O) groups is 1. The van der Waals surface area contributed by atoms with Crippen molar-refractivity contribution < 1.29 is 4.79 Å². The minimum atomic E-state index is 0.0687. The summed E-state index contributed by atoms with van der Waals surface area (Å²) in [5, 5.41) is 7.00. The van der Waals surface area contributed by atoms with Crippen molar-refractivity contribution >= 4 is 17.7 Å². The third-order valence-electron chi connectivity index (χ3n) is 3.33. The second-order valence-electron chi connectivity index (χ2n) is 4.91. The van der Waals surface area contributed by atoms with Gasteiger partial charge in [0.1, 0.15) is 0 Å². The number of thioether (sulfide) groups is 1.